The minimum absolute atomic E-state index is 0.0320. The van der Waals surface area contributed by atoms with Gasteiger partial charge in [-0.1, -0.05) is 26.3 Å². The van der Waals surface area contributed by atoms with Gasteiger partial charge in [0.2, 0.25) is 0 Å². The largest absolute Gasteiger partial charge is 0.498 e. The Hall–Kier alpha value is -3.73. The topological polar surface area (TPSA) is 141 Å². The number of hydrogen-bond acceptors (Lipinski definition) is 11. The number of carbonyl (C=O) groups excluding carboxylic acids is 5. The van der Waals surface area contributed by atoms with Gasteiger partial charge in [-0.05, 0) is 33.6 Å². The first-order valence-corrected chi connectivity index (χ1v) is 13.5. The quantitative estimate of drug-likeness (QED) is 0.263. The highest BCUT2D eigenvalue weighted by atomic mass is 16.6. The molecule has 5 rings (SSSR count). The summed E-state index contributed by atoms with van der Waals surface area (Å²) in [6.07, 6.45) is 1.90. The van der Waals surface area contributed by atoms with E-state index in [0.29, 0.717) is 42.1 Å². The van der Waals surface area contributed by atoms with E-state index in [0.717, 1.165) is 18.6 Å². The second-order valence-electron chi connectivity index (χ2n) is 10.8. The molecular weight excluding hydrogens is 536 g/mol. The lowest BCUT2D eigenvalue weighted by Crippen LogP contribution is -2.38. The van der Waals surface area contributed by atoms with Gasteiger partial charge in [0.1, 0.15) is 24.9 Å². The summed E-state index contributed by atoms with van der Waals surface area (Å²) in [6, 6.07) is 0. The fourth-order valence-electron chi connectivity index (χ4n) is 5.02. The SMILES string of the molecule is C=C(C)C(=O)OC1CC2OC1C1C(=C)OCC21.C=C(C)C(=O)OC1CCCC1=O.C=C(C)C(=O)OC1COC(=O)C1. The molecule has 1 aliphatic carbocycles. The monoisotopic (exact) mass is 574 g/mol. The summed E-state index contributed by atoms with van der Waals surface area (Å²) in [6.45, 7) is 20.0. The highest BCUT2D eigenvalue weighted by Gasteiger charge is 2.59. The molecule has 1 saturated carbocycles. The first-order valence-electron chi connectivity index (χ1n) is 13.5. The summed E-state index contributed by atoms with van der Waals surface area (Å²) >= 11 is 0. The molecule has 2 bridgehead atoms. The van der Waals surface area contributed by atoms with E-state index in [4.69, 9.17) is 23.7 Å². The normalized spacial score (nSPS) is 30.4. The molecule has 0 N–H and O–H groups in total. The zero-order chi connectivity index (χ0) is 30.4. The Morgan fingerprint density at radius 2 is 1.46 bits per heavy atom. The number of rotatable bonds is 6. The molecule has 5 aliphatic rings. The zero-order valence-electron chi connectivity index (χ0n) is 23.8. The maximum atomic E-state index is 11.5. The predicted octanol–water partition coefficient (Wildman–Crippen LogP) is 3.07. The molecule has 0 aromatic carbocycles. The number of carbonyl (C=O) groups is 5. The van der Waals surface area contributed by atoms with Crippen molar-refractivity contribution in [2.45, 2.75) is 83.4 Å². The van der Waals surface area contributed by atoms with E-state index >= 15 is 0 Å². The number of Topliss-reactive ketones (excluding diaryl/α,β-unsaturated/α-hetero) is 1. The Labute approximate surface area is 239 Å². The molecule has 0 spiro atoms. The fourth-order valence-corrected chi connectivity index (χ4v) is 5.02. The van der Waals surface area contributed by atoms with Gasteiger partial charge in [0, 0.05) is 35.5 Å². The van der Waals surface area contributed by atoms with Crippen molar-refractivity contribution in [1.29, 1.82) is 0 Å². The van der Waals surface area contributed by atoms with Gasteiger partial charge in [-0.15, -0.1) is 0 Å². The van der Waals surface area contributed by atoms with Crippen molar-refractivity contribution in [3.8, 4) is 0 Å². The van der Waals surface area contributed by atoms with Crippen molar-refractivity contribution in [1.82, 2.24) is 0 Å². The smallest absolute Gasteiger partial charge is 0.333 e. The molecule has 4 aliphatic heterocycles. The van der Waals surface area contributed by atoms with Gasteiger partial charge >= 0.3 is 23.9 Å². The minimum atomic E-state index is -0.505. The van der Waals surface area contributed by atoms with Crippen LogP contribution < -0.4 is 0 Å². The molecule has 4 heterocycles. The summed E-state index contributed by atoms with van der Waals surface area (Å²) in [5.74, 6) is -0.206. The summed E-state index contributed by atoms with van der Waals surface area (Å²) in [7, 11) is 0. The Bertz CT molecular complexity index is 1140. The van der Waals surface area contributed by atoms with Crippen molar-refractivity contribution >= 4 is 29.7 Å². The van der Waals surface area contributed by atoms with E-state index in [1.54, 1.807) is 20.8 Å². The van der Waals surface area contributed by atoms with Gasteiger partial charge in [0.05, 0.1) is 30.8 Å². The first-order chi connectivity index (χ1) is 19.3. The van der Waals surface area contributed by atoms with E-state index in [2.05, 4.69) is 31.1 Å². The molecule has 11 nitrogen and oxygen atoms in total. The van der Waals surface area contributed by atoms with E-state index in [1.165, 1.54) is 0 Å². The molecule has 11 heteroatoms. The van der Waals surface area contributed by atoms with Crippen LogP contribution in [0.15, 0.2) is 48.8 Å². The molecule has 7 atom stereocenters. The van der Waals surface area contributed by atoms with Crippen LogP contribution in [-0.2, 0) is 52.4 Å². The van der Waals surface area contributed by atoms with Gasteiger partial charge in [-0.3, -0.25) is 9.59 Å². The molecule has 0 aromatic heterocycles. The van der Waals surface area contributed by atoms with Gasteiger partial charge in [0.25, 0.3) is 0 Å². The predicted molar refractivity (Wildman–Crippen MR) is 144 cm³/mol. The van der Waals surface area contributed by atoms with Crippen molar-refractivity contribution in [2.24, 2.45) is 11.8 Å². The number of cyclic esters (lactones) is 1. The lowest BCUT2D eigenvalue weighted by molar-refractivity contribution is -0.149. The number of hydrogen-bond donors (Lipinski definition) is 0. The molecule has 0 radical (unpaired) electrons. The summed E-state index contributed by atoms with van der Waals surface area (Å²) in [4.78, 5) is 55.0. The van der Waals surface area contributed by atoms with Gasteiger partial charge < -0.3 is 28.4 Å². The minimum Gasteiger partial charge on any atom is -0.498 e. The van der Waals surface area contributed by atoms with Crippen molar-refractivity contribution in [2.75, 3.05) is 13.2 Å². The van der Waals surface area contributed by atoms with Crippen LogP contribution in [0, 0.1) is 11.8 Å². The first kappa shape index (κ1) is 31.8. The highest BCUT2D eigenvalue weighted by Crippen LogP contribution is 2.51. The van der Waals surface area contributed by atoms with E-state index < -0.39 is 24.1 Å². The summed E-state index contributed by atoms with van der Waals surface area (Å²) < 4.78 is 31.1. The second-order valence-corrected chi connectivity index (χ2v) is 10.8. The van der Waals surface area contributed by atoms with E-state index in [1.807, 2.05) is 0 Å². The Balaban J connectivity index is 0.000000174. The number of ether oxygens (including phenoxy) is 6. The van der Waals surface area contributed by atoms with Crippen molar-refractivity contribution in [3.05, 3.63) is 48.8 Å². The van der Waals surface area contributed by atoms with Gasteiger partial charge in [0.15, 0.2) is 11.9 Å². The number of fused-ring (bicyclic) bond motifs is 5. The molecule has 224 valence electrons. The van der Waals surface area contributed by atoms with Crippen LogP contribution in [0.2, 0.25) is 0 Å². The fraction of sp³-hybridized carbons (Fsp3) is 0.567. The van der Waals surface area contributed by atoms with Crippen LogP contribution in [0.25, 0.3) is 0 Å². The molecule has 4 saturated heterocycles. The number of esters is 4. The average molecular weight is 575 g/mol. The van der Waals surface area contributed by atoms with Crippen molar-refractivity contribution in [3.63, 3.8) is 0 Å². The number of ketones is 1. The van der Waals surface area contributed by atoms with Crippen LogP contribution in [-0.4, -0.2) is 73.4 Å². The molecule has 0 aromatic rings. The third-order valence-corrected chi connectivity index (χ3v) is 7.19. The van der Waals surface area contributed by atoms with E-state index in [-0.39, 0.29) is 55.0 Å². The summed E-state index contributed by atoms with van der Waals surface area (Å²) in [5.41, 5.74) is 1.09. The van der Waals surface area contributed by atoms with Crippen LogP contribution in [0.3, 0.4) is 0 Å². The van der Waals surface area contributed by atoms with Gasteiger partial charge in [-0.2, -0.15) is 0 Å². The third-order valence-electron chi connectivity index (χ3n) is 7.19. The maximum Gasteiger partial charge on any atom is 0.333 e. The lowest BCUT2D eigenvalue weighted by atomic mass is 9.79. The Morgan fingerprint density at radius 1 is 0.854 bits per heavy atom. The zero-order valence-corrected chi connectivity index (χ0v) is 23.8. The maximum absolute atomic E-state index is 11.5. The molecule has 7 unspecified atom stereocenters. The average Bonchev–Trinajstić information content (AvgIpc) is 3.72. The van der Waals surface area contributed by atoms with Gasteiger partial charge in [-0.25, -0.2) is 14.4 Å². The molecule has 5 fully saturated rings. The molecular formula is C30H38O11. The molecule has 0 amide bonds. The lowest BCUT2D eigenvalue weighted by Gasteiger charge is -2.26. The van der Waals surface area contributed by atoms with Crippen LogP contribution in [0.5, 0.6) is 0 Å². The standard InChI is InChI=1S/C13H16O4.C9H12O3.C8H10O4/c1-6(2)13(14)17-10-4-9-8-5-15-7(3)11(8)12(10)16-9;1-6(2)9(11)12-8-5-3-4-7(8)10;1-5(2)8(10)12-6-3-7(9)11-4-6/h8-12H,1,3-5H2,2H3;8H,1,3-5H2,2H3;6H,1,3-4H2,2H3. The second kappa shape index (κ2) is 13.8. The highest BCUT2D eigenvalue weighted by molar-refractivity contribution is 5.92. The van der Waals surface area contributed by atoms with Crippen LogP contribution in [0.1, 0.15) is 52.9 Å². The third kappa shape index (κ3) is 8.16. The Kier molecular flexibility index (Phi) is 10.7. The summed E-state index contributed by atoms with van der Waals surface area (Å²) in [5, 5.41) is 0. The van der Waals surface area contributed by atoms with Crippen molar-refractivity contribution < 1.29 is 52.4 Å². The van der Waals surface area contributed by atoms with Crippen LogP contribution in [0.4, 0.5) is 0 Å². The van der Waals surface area contributed by atoms with E-state index in [9.17, 15) is 24.0 Å². The Morgan fingerprint density at radius 3 is 2.00 bits per heavy atom. The van der Waals surface area contributed by atoms with Crippen LogP contribution >= 0.6 is 0 Å². The molecule has 41 heavy (non-hydrogen) atoms.